The number of aryl methyl sites for hydroxylation is 2. The Morgan fingerprint density at radius 2 is 1.96 bits per heavy atom. The van der Waals surface area contributed by atoms with Crippen LogP contribution in [0, 0.1) is 13.8 Å². The standard InChI is InChI=1S/C22H23N3O3/c1-14-21(15(2)24-23-14)16-7-6-8-17(11-16)22(26)25(3)12-18-13-27-19-9-4-5-10-20(19)28-18/h4-11,18H,12-13H2,1-3H3,(H,23,24). The maximum absolute atomic E-state index is 13.0. The first-order valence-corrected chi connectivity index (χ1v) is 9.29. The molecule has 28 heavy (non-hydrogen) atoms. The average Bonchev–Trinajstić information content (AvgIpc) is 3.05. The maximum atomic E-state index is 13.0. The lowest BCUT2D eigenvalue weighted by molar-refractivity contribution is 0.0521. The van der Waals surface area contributed by atoms with Crippen molar-refractivity contribution in [3.63, 3.8) is 0 Å². The summed E-state index contributed by atoms with van der Waals surface area (Å²) in [5, 5.41) is 7.24. The van der Waals surface area contributed by atoms with Gasteiger partial charge < -0.3 is 14.4 Å². The summed E-state index contributed by atoms with van der Waals surface area (Å²) in [4.78, 5) is 14.6. The molecule has 1 aliphatic heterocycles. The third-order valence-corrected chi connectivity index (χ3v) is 4.92. The number of rotatable bonds is 4. The van der Waals surface area contributed by atoms with Gasteiger partial charge in [-0.15, -0.1) is 0 Å². The molecule has 1 unspecified atom stereocenters. The highest BCUT2D eigenvalue weighted by atomic mass is 16.6. The van der Waals surface area contributed by atoms with Gasteiger partial charge in [0.05, 0.1) is 12.2 Å². The molecule has 144 valence electrons. The second-order valence-corrected chi connectivity index (χ2v) is 7.07. The van der Waals surface area contributed by atoms with Crippen molar-refractivity contribution in [2.75, 3.05) is 20.2 Å². The number of likely N-dealkylation sites (N-methyl/N-ethyl adjacent to an activating group) is 1. The number of benzene rings is 2. The van der Waals surface area contributed by atoms with Crippen LogP contribution < -0.4 is 9.47 Å². The Kier molecular flexibility index (Phi) is 4.77. The molecule has 0 radical (unpaired) electrons. The average molecular weight is 377 g/mol. The van der Waals surface area contributed by atoms with Crippen molar-refractivity contribution < 1.29 is 14.3 Å². The summed E-state index contributed by atoms with van der Waals surface area (Å²) in [6.07, 6.45) is -0.203. The van der Waals surface area contributed by atoms with Crippen LogP contribution in [0.4, 0.5) is 0 Å². The number of hydrogen-bond acceptors (Lipinski definition) is 4. The summed E-state index contributed by atoms with van der Waals surface area (Å²) in [6.45, 7) is 4.80. The molecule has 3 aromatic rings. The Bertz CT molecular complexity index is 992. The van der Waals surface area contributed by atoms with Gasteiger partial charge in [-0.3, -0.25) is 9.89 Å². The van der Waals surface area contributed by atoms with Crippen molar-refractivity contribution in [2.45, 2.75) is 20.0 Å². The molecule has 6 nitrogen and oxygen atoms in total. The molecule has 0 aliphatic carbocycles. The van der Waals surface area contributed by atoms with E-state index in [-0.39, 0.29) is 12.0 Å². The number of nitrogens with one attached hydrogen (secondary N) is 1. The predicted molar refractivity (Wildman–Crippen MR) is 107 cm³/mol. The van der Waals surface area contributed by atoms with E-state index >= 15 is 0 Å². The van der Waals surface area contributed by atoms with E-state index in [0.717, 1.165) is 28.3 Å². The fraction of sp³-hybridized carbons (Fsp3) is 0.273. The number of para-hydroxylation sites is 2. The van der Waals surface area contributed by atoms with E-state index in [2.05, 4.69) is 10.2 Å². The minimum absolute atomic E-state index is 0.0527. The molecule has 6 heteroatoms. The van der Waals surface area contributed by atoms with Gasteiger partial charge in [0.25, 0.3) is 5.91 Å². The SMILES string of the molecule is Cc1n[nH]c(C)c1-c1cccc(C(=O)N(C)CC2COc3ccccc3O2)c1. The molecule has 1 atom stereocenters. The van der Waals surface area contributed by atoms with Crippen molar-refractivity contribution in [3.05, 3.63) is 65.5 Å². The highest BCUT2D eigenvalue weighted by Gasteiger charge is 2.24. The Morgan fingerprint density at radius 3 is 2.71 bits per heavy atom. The van der Waals surface area contributed by atoms with Crippen LogP contribution >= 0.6 is 0 Å². The lowest BCUT2D eigenvalue weighted by Gasteiger charge is -2.29. The van der Waals surface area contributed by atoms with Gasteiger partial charge in [0, 0.05) is 23.9 Å². The lowest BCUT2D eigenvalue weighted by Crippen LogP contribution is -2.41. The monoisotopic (exact) mass is 377 g/mol. The number of carbonyl (C=O) groups is 1. The number of fused-ring (bicyclic) bond motifs is 1. The topological polar surface area (TPSA) is 67.5 Å². The number of nitrogens with zero attached hydrogens (tertiary/aromatic N) is 2. The number of aromatic amines is 1. The number of H-pyrrole nitrogens is 1. The van der Waals surface area contributed by atoms with E-state index < -0.39 is 0 Å². The second kappa shape index (κ2) is 7.38. The van der Waals surface area contributed by atoms with Gasteiger partial charge in [-0.25, -0.2) is 0 Å². The van der Waals surface area contributed by atoms with Gasteiger partial charge in [-0.1, -0.05) is 24.3 Å². The van der Waals surface area contributed by atoms with Crippen molar-refractivity contribution in [1.82, 2.24) is 15.1 Å². The van der Waals surface area contributed by atoms with E-state index in [4.69, 9.17) is 9.47 Å². The van der Waals surface area contributed by atoms with Crippen molar-refractivity contribution in [3.8, 4) is 22.6 Å². The molecule has 0 saturated heterocycles. The zero-order valence-electron chi connectivity index (χ0n) is 16.2. The molecule has 0 spiro atoms. The Balaban J connectivity index is 1.48. The van der Waals surface area contributed by atoms with Crippen LogP contribution in [0.15, 0.2) is 48.5 Å². The zero-order valence-corrected chi connectivity index (χ0v) is 16.2. The third-order valence-electron chi connectivity index (χ3n) is 4.92. The van der Waals surface area contributed by atoms with E-state index in [0.29, 0.717) is 24.5 Å². The normalized spacial score (nSPS) is 15.3. The molecule has 0 bridgehead atoms. The summed E-state index contributed by atoms with van der Waals surface area (Å²) in [5.74, 6) is 1.40. The molecular formula is C22H23N3O3. The Labute approximate surface area is 164 Å². The number of amides is 1. The van der Waals surface area contributed by atoms with Crippen LogP contribution in [0.2, 0.25) is 0 Å². The molecule has 2 aromatic carbocycles. The van der Waals surface area contributed by atoms with Crippen LogP contribution in [0.25, 0.3) is 11.1 Å². The lowest BCUT2D eigenvalue weighted by atomic mass is 10.0. The molecule has 4 rings (SSSR count). The summed E-state index contributed by atoms with van der Waals surface area (Å²) >= 11 is 0. The van der Waals surface area contributed by atoms with Gasteiger partial charge in [0.1, 0.15) is 6.61 Å². The fourth-order valence-electron chi connectivity index (χ4n) is 3.55. The molecule has 2 heterocycles. The number of aromatic nitrogens is 2. The van der Waals surface area contributed by atoms with Gasteiger partial charge >= 0.3 is 0 Å². The predicted octanol–water partition coefficient (Wildman–Crippen LogP) is 3.61. The van der Waals surface area contributed by atoms with E-state index in [1.807, 2.05) is 62.4 Å². The maximum Gasteiger partial charge on any atom is 0.253 e. The van der Waals surface area contributed by atoms with Gasteiger partial charge in [-0.2, -0.15) is 5.10 Å². The molecule has 1 aliphatic rings. The largest absolute Gasteiger partial charge is 0.486 e. The van der Waals surface area contributed by atoms with Crippen LogP contribution in [0.1, 0.15) is 21.7 Å². The third kappa shape index (κ3) is 3.45. The van der Waals surface area contributed by atoms with Gasteiger partial charge in [-0.05, 0) is 43.7 Å². The Hall–Kier alpha value is -3.28. The van der Waals surface area contributed by atoms with Crippen molar-refractivity contribution in [2.24, 2.45) is 0 Å². The number of ether oxygens (including phenoxy) is 2. The molecular weight excluding hydrogens is 354 g/mol. The van der Waals surface area contributed by atoms with E-state index in [1.165, 1.54) is 0 Å². The summed E-state index contributed by atoms with van der Waals surface area (Å²) in [7, 11) is 1.78. The summed E-state index contributed by atoms with van der Waals surface area (Å²) < 4.78 is 11.7. The highest BCUT2D eigenvalue weighted by Crippen LogP contribution is 2.31. The second-order valence-electron chi connectivity index (χ2n) is 7.07. The van der Waals surface area contributed by atoms with E-state index in [9.17, 15) is 4.79 Å². The molecule has 1 aromatic heterocycles. The van der Waals surface area contributed by atoms with Gasteiger partial charge in [0.2, 0.25) is 0 Å². The smallest absolute Gasteiger partial charge is 0.253 e. The van der Waals surface area contributed by atoms with Crippen LogP contribution in [0.3, 0.4) is 0 Å². The zero-order chi connectivity index (χ0) is 19.7. The highest BCUT2D eigenvalue weighted by molar-refractivity contribution is 5.95. The van der Waals surface area contributed by atoms with Crippen LogP contribution in [-0.4, -0.2) is 47.3 Å². The molecule has 1 N–H and O–H groups in total. The van der Waals surface area contributed by atoms with Crippen molar-refractivity contribution >= 4 is 5.91 Å². The Morgan fingerprint density at radius 1 is 1.18 bits per heavy atom. The number of carbonyl (C=O) groups excluding carboxylic acids is 1. The summed E-state index contributed by atoms with van der Waals surface area (Å²) in [6, 6.07) is 15.2. The first-order valence-electron chi connectivity index (χ1n) is 9.29. The first-order chi connectivity index (χ1) is 13.5. The quantitative estimate of drug-likeness (QED) is 0.754. The fourth-order valence-corrected chi connectivity index (χ4v) is 3.55. The van der Waals surface area contributed by atoms with Crippen LogP contribution in [-0.2, 0) is 0 Å². The minimum Gasteiger partial charge on any atom is -0.486 e. The summed E-state index contributed by atoms with van der Waals surface area (Å²) in [5.41, 5.74) is 4.56. The number of hydrogen-bond donors (Lipinski definition) is 1. The molecule has 1 amide bonds. The minimum atomic E-state index is -0.203. The van der Waals surface area contributed by atoms with Gasteiger partial charge in [0.15, 0.2) is 17.6 Å². The van der Waals surface area contributed by atoms with Crippen LogP contribution in [0.5, 0.6) is 11.5 Å². The van der Waals surface area contributed by atoms with E-state index in [1.54, 1.807) is 11.9 Å². The molecule has 0 saturated carbocycles. The first kappa shape index (κ1) is 18.1. The molecule has 0 fully saturated rings. The van der Waals surface area contributed by atoms with Crippen molar-refractivity contribution in [1.29, 1.82) is 0 Å².